The normalized spacial score (nSPS) is 10.5. The highest BCUT2D eigenvalue weighted by Gasteiger charge is 2.14. The number of amides is 2. The fraction of sp³-hybridized carbons (Fsp3) is 0.0455. The molecule has 2 amide bonds. The van der Waals surface area contributed by atoms with E-state index in [1.165, 1.54) is 30.6 Å². The van der Waals surface area contributed by atoms with Crippen molar-refractivity contribution in [2.24, 2.45) is 0 Å². The second-order valence-corrected chi connectivity index (χ2v) is 7.51. The number of nitrogens with zero attached hydrogens (tertiary/aromatic N) is 3. The van der Waals surface area contributed by atoms with Gasteiger partial charge < -0.3 is 10.4 Å². The van der Waals surface area contributed by atoms with Gasteiger partial charge in [0.1, 0.15) is 11.6 Å². The highest BCUT2D eigenvalue weighted by atomic mass is 32.1. The van der Waals surface area contributed by atoms with Crippen LogP contribution in [0.4, 0.5) is 15.2 Å². The summed E-state index contributed by atoms with van der Waals surface area (Å²) in [5.41, 5.74) is 1.42. The molecular formula is C22H16FN5O3S. The van der Waals surface area contributed by atoms with Gasteiger partial charge >= 0.3 is 0 Å². The van der Waals surface area contributed by atoms with Crippen LogP contribution in [0.3, 0.4) is 0 Å². The van der Waals surface area contributed by atoms with E-state index in [-0.39, 0.29) is 28.8 Å². The lowest BCUT2D eigenvalue weighted by Crippen LogP contribution is -2.16. The minimum atomic E-state index is -0.626. The number of halogens is 1. The fourth-order valence-corrected chi connectivity index (χ4v) is 3.52. The van der Waals surface area contributed by atoms with Crippen LogP contribution >= 0.6 is 11.3 Å². The van der Waals surface area contributed by atoms with Gasteiger partial charge in [0.05, 0.1) is 35.8 Å². The molecule has 2 heterocycles. The molecule has 0 fully saturated rings. The van der Waals surface area contributed by atoms with E-state index in [2.05, 4.69) is 25.6 Å². The molecule has 32 heavy (non-hydrogen) atoms. The topological polar surface area (TPSA) is 117 Å². The van der Waals surface area contributed by atoms with E-state index >= 15 is 0 Å². The van der Waals surface area contributed by atoms with Crippen LogP contribution in [0.15, 0.2) is 66.3 Å². The minimum absolute atomic E-state index is 0.0274. The van der Waals surface area contributed by atoms with Crippen LogP contribution in [0, 0.1) is 5.82 Å². The average Bonchev–Trinajstić information content (AvgIpc) is 3.21. The van der Waals surface area contributed by atoms with Crippen LogP contribution in [0.5, 0.6) is 5.75 Å². The number of aromatic nitrogens is 3. The third kappa shape index (κ3) is 5.10. The van der Waals surface area contributed by atoms with Crippen molar-refractivity contribution in [3.05, 3.63) is 83.4 Å². The third-order valence-corrected chi connectivity index (χ3v) is 5.08. The monoisotopic (exact) mass is 449 g/mol. The second kappa shape index (κ2) is 9.31. The van der Waals surface area contributed by atoms with Crippen molar-refractivity contribution >= 4 is 34.0 Å². The van der Waals surface area contributed by atoms with Crippen molar-refractivity contribution in [1.82, 2.24) is 15.0 Å². The molecule has 0 unspecified atom stereocenters. The number of hydrogen-bond donors (Lipinski definition) is 3. The number of carbonyl (C=O) groups is 2. The Morgan fingerprint density at radius 1 is 1.03 bits per heavy atom. The van der Waals surface area contributed by atoms with Crippen LogP contribution in [0.25, 0.3) is 11.4 Å². The summed E-state index contributed by atoms with van der Waals surface area (Å²) in [7, 11) is 0. The molecule has 3 N–H and O–H groups in total. The van der Waals surface area contributed by atoms with Gasteiger partial charge in [0, 0.05) is 10.9 Å². The van der Waals surface area contributed by atoms with Crippen molar-refractivity contribution < 1.29 is 19.1 Å². The van der Waals surface area contributed by atoms with Gasteiger partial charge in [-0.3, -0.25) is 14.9 Å². The largest absolute Gasteiger partial charge is 0.508 e. The zero-order valence-electron chi connectivity index (χ0n) is 16.4. The van der Waals surface area contributed by atoms with E-state index < -0.39 is 11.7 Å². The molecule has 2 aromatic carbocycles. The standard InChI is InChI=1S/C22H16FN5O3S/c23-18-7-2-1-6-17(18)21(31)28-22-27-14(12-32-22)9-19(30)26-15-10-24-20(25-11-15)13-4-3-5-16(29)8-13/h1-8,10-12,29H,9H2,(H,26,30)(H,27,28,31). The molecule has 0 saturated carbocycles. The highest BCUT2D eigenvalue weighted by Crippen LogP contribution is 2.21. The molecule has 0 atom stereocenters. The van der Waals surface area contributed by atoms with Gasteiger partial charge in [-0.2, -0.15) is 0 Å². The Balaban J connectivity index is 1.34. The molecule has 160 valence electrons. The predicted octanol–water partition coefficient (Wildman–Crippen LogP) is 3.88. The lowest BCUT2D eigenvalue weighted by molar-refractivity contribution is -0.115. The van der Waals surface area contributed by atoms with Gasteiger partial charge in [-0.05, 0) is 24.3 Å². The first-order valence-electron chi connectivity index (χ1n) is 9.39. The molecule has 0 aliphatic carbocycles. The molecule has 0 radical (unpaired) electrons. The third-order valence-electron chi connectivity index (χ3n) is 4.27. The number of thiazole rings is 1. The van der Waals surface area contributed by atoms with Crippen LogP contribution in [-0.4, -0.2) is 31.9 Å². The summed E-state index contributed by atoms with van der Waals surface area (Å²) in [5.74, 6) is -1.06. The molecule has 0 spiro atoms. The van der Waals surface area contributed by atoms with E-state index in [4.69, 9.17) is 0 Å². The molecule has 0 saturated heterocycles. The van der Waals surface area contributed by atoms with Gasteiger partial charge in [0.15, 0.2) is 11.0 Å². The number of benzene rings is 2. The Hall–Kier alpha value is -4.18. The maximum Gasteiger partial charge on any atom is 0.260 e. The lowest BCUT2D eigenvalue weighted by atomic mass is 10.2. The van der Waals surface area contributed by atoms with Gasteiger partial charge in [-0.25, -0.2) is 19.3 Å². The van der Waals surface area contributed by atoms with Crippen molar-refractivity contribution in [1.29, 1.82) is 0 Å². The summed E-state index contributed by atoms with van der Waals surface area (Å²) in [6.07, 6.45) is 2.90. The molecule has 8 nitrogen and oxygen atoms in total. The molecule has 2 aromatic heterocycles. The number of aromatic hydroxyl groups is 1. The van der Waals surface area contributed by atoms with Crippen LogP contribution in [0.1, 0.15) is 16.1 Å². The van der Waals surface area contributed by atoms with Crippen molar-refractivity contribution in [2.45, 2.75) is 6.42 Å². The van der Waals surface area contributed by atoms with Crippen molar-refractivity contribution in [3.8, 4) is 17.1 Å². The summed E-state index contributed by atoms with van der Waals surface area (Å²) in [6.45, 7) is 0. The molecule has 0 bridgehead atoms. The SMILES string of the molecule is O=C(Cc1csc(NC(=O)c2ccccc2F)n1)Nc1cnc(-c2cccc(O)c2)nc1. The highest BCUT2D eigenvalue weighted by molar-refractivity contribution is 7.14. The number of rotatable bonds is 6. The van der Waals surface area contributed by atoms with E-state index in [0.717, 1.165) is 11.3 Å². The lowest BCUT2D eigenvalue weighted by Gasteiger charge is -2.05. The number of anilines is 2. The molecule has 4 aromatic rings. The fourth-order valence-electron chi connectivity index (χ4n) is 2.81. The van der Waals surface area contributed by atoms with E-state index in [1.54, 1.807) is 35.7 Å². The summed E-state index contributed by atoms with van der Waals surface area (Å²) in [4.78, 5) is 37.1. The Kier molecular flexibility index (Phi) is 6.13. The first-order chi connectivity index (χ1) is 15.5. The predicted molar refractivity (Wildman–Crippen MR) is 118 cm³/mol. The number of nitrogens with one attached hydrogen (secondary N) is 2. The first kappa shape index (κ1) is 21.1. The maximum atomic E-state index is 13.7. The maximum absolute atomic E-state index is 13.7. The van der Waals surface area contributed by atoms with Gasteiger partial charge in [-0.15, -0.1) is 11.3 Å². The molecule has 0 aliphatic heterocycles. The number of carbonyl (C=O) groups excluding carboxylic acids is 2. The van der Waals surface area contributed by atoms with Crippen molar-refractivity contribution in [3.63, 3.8) is 0 Å². The Morgan fingerprint density at radius 3 is 2.56 bits per heavy atom. The Labute approximate surface area is 185 Å². The van der Waals surface area contributed by atoms with E-state index in [0.29, 0.717) is 22.8 Å². The number of phenols is 1. The summed E-state index contributed by atoms with van der Waals surface area (Å²) in [5, 5.41) is 16.7. The van der Waals surface area contributed by atoms with Crippen LogP contribution in [-0.2, 0) is 11.2 Å². The molecule has 4 rings (SSSR count). The Bertz CT molecular complexity index is 1280. The molecule has 0 aliphatic rings. The minimum Gasteiger partial charge on any atom is -0.508 e. The molecular weight excluding hydrogens is 433 g/mol. The summed E-state index contributed by atoms with van der Waals surface area (Å²) >= 11 is 1.14. The second-order valence-electron chi connectivity index (χ2n) is 6.65. The number of phenolic OH excluding ortho intramolecular Hbond substituents is 1. The quantitative estimate of drug-likeness (QED) is 0.411. The van der Waals surface area contributed by atoms with E-state index in [1.807, 2.05) is 0 Å². The number of hydrogen-bond acceptors (Lipinski definition) is 7. The van der Waals surface area contributed by atoms with Crippen LogP contribution in [0.2, 0.25) is 0 Å². The summed E-state index contributed by atoms with van der Waals surface area (Å²) < 4.78 is 13.7. The zero-order chi connectivity index (χ0) is 22.5. The average molecular weight is 449 g/mol. The molecule has 10 heteroatoms. The zero-order valence-corrected chi connectivity index (χ0v) is 17.3. The van der Waals surface area contributed by atoms with Gasteiger partial charge in [-0.1, -0.05) is 24.3 Å². The van der Waals surface area contributed by atoms with Crippen LogP contribution < -0.4 is 10.6 Å². The first-order valence-corrected chi connectivity index (χ1v) is 10.3. The van der Waals surface area contributed by atoms with Gasteiger partial charge in [0.2, 0.25) is 5.91 Å². The van der Waals surface area contributed by atoms with E-state index in [9.17, 15) is 19.1 Å². The Morgan fingerprint density at radius 2 is 1.81 bits per heavy atom. The van der Waals surface area contributed by atoms with Crippen molar-refractivity contribution in [2.75, 3.05) is 10.6 Å². The van der Waals surface area contributed by atoms with Gasteiger partial charge in [0.25, 0.3) is 5.91 Å². The summed E-state index contributed by atoms with van der Waals surface area (Å²) in [6, 6.07) is 12.2. The smallest absolute Gasteiger partial charge is 0.260 e.